The van der Waals surface area contributed by atoms with Crippen LogP contribution in [0.5, 0.6) is 5.75 Å². The Morgan fingerprint density at radius 3 is 3.00 bits per heavy atom. The number of ether oxygens (including phenoxy) is 1. The molecule has 3 nitrogen and oxygen atoms in total. The van der Waals surface area contributed by atoms with Crippen molar-refractivity contribution in [3.8, 4) is 11.8 Å². The van der Waals surface area contributed by atoms with Gasteiger partial charge >= 0.3 is 0 Å². The summed E-state index contributed by atoms with van der Waals surface area (Å²) in [6.45, 7) is 0. The van der Waals surface area contributed by atoms with Gasteiger partial charge in [0.25, 0.3) is 0 Å². The highest BCUT2D eigenvalue weighted by Crippen LogP contribution is 2.28. The fourth-order valence-corrected chi connectivity index (χ4v) is 1.91. The lowest BCUT2D eigenvalue weighted by Crippen LogP contribution is -1.86. The molecule has 14 heavy (non-hydrogen) atoms. The molecule has 0 unspecified atom stereocenters. The zero-order valence-corrected chi connectivity index (χ0v) is 8.06. The highest BCUT2D eigenvalue weighted by atomic mass is 32.1. The van der Waals surface area contributed by atoms with Gasteiger partial charge in [-0.1, -0.05) is 0 Å². The van der Waals surface area contributed by atoms with Crippen molar-refractivity contribution in [2.45, 2.75) is 0 Å². The van der Waals surface area contributed by atoms with Crippen LogP contribution in [0.15, 0.2) is 12.1 Å². The zero-order valence-electron chi connectivity index (χ0n) is 7.24. The largest absolute Gasteiger partial charge is 0.494 e. The monoisotopic (exact) mass is 208 g/mol. The third-order valence-electron chi connectivity index (χ3n) is 1.76. The number of hydrogen-bond acceptors (Lipinski definition) is 4. The van der Waals surface area contributed by atoms with Crippen LogP contribution in [-0.4, -0.2) is 12.1 Å². The van der Waals surface area contributed by atoms with E-state index in [2.05, 4.69) is 4.98 Å². The van der Waals surface area contributed by atoms with Crippen LogP contribution in [0.4, 0.5) is 4.39 Å². The first kappa shape index (κ1) is 8.91. The summed E-state index contributed by atoms with van der Waals surface area (Å²) in [5, 5.41) is 8.93. The molecule has 0 atom stereocenters. The van der Waals surface area contributed by atoms with Crippen LogP contribution in [0.3, 0.4) is 0 Å². The van der Waals surface area contributed by atoms with Crippen molar-refractivity contribution < 1.29 is 9.13 Å². The number of rotatable bonds is 1. The van der Waals surface area contributed by atoms with Crippen molar-refractivity contribution in [2.75, 3.05) is 7.11 Å². The maximum absolute atomic E-state index is 13.2. The van der Waals surface area contributed by atoms with Gasteiger partial charge in [-0.15, -0.1) is 11.3 Å². The maximum Gasteiger partial charge on any atom is 0.195 e. The topological polar surface area (TPSA) is 45.9 Å². The van der Waals surface area contributed by atoms with Gasteiger partial charge in [-0.2, -0.15) is 5.26 Å². The van der Waals surface area contributed by atoms with Crippen molar-refractivity contribution in [3.05, 3.63) is 23.0 Å². The Kier molecular flexibility index (Phi) is 2.06. The summed E-state index contributed by atoms with van der Waals surface area (Å²) in [6.07, 6.45) is 0. The van der Waals surface area contributed by atoms with Gasteiger partial charge < -0.3 is 4.74 Å². The molecule has 0 aliphatic rings. The highest BCUT2D eigenvalue weighted by Gasteiger charge is 2.09. The standard InChI is InChI=1S/C9H5FN2OS/c1-13-7-3-8-6(2-5(7)10)12-9(4-11)14-8/h2-3H,1H3. The molecule has 5 heteroatoms. The molecule has 0 saturated carbocycles. The van der Waals surface area contributed by atoms with E-state index in [9.17, 15) is 4.39 Å². The van der Waals surface area contributed by atoms with Crippen molar-refractivity contribution in [1.82, 2.24) is 4.98 Å². The smallest absolute Gasteiger partial charge is 0.195 e. The van der Waals surface area contributed by atoms with E-state index in [4.69, 9.17) is 10.00 Å². The minimum atomic E-state index is -0.463. The van der Waals surface area contributed by atoms with Crippen molar-refractivity contribution >= 4 is 21.6 Å². The van der Waals surface area contributed by atoms with Crippen LogP contribution in [0.25, 0.3) is 10.2 Å². The van der Waals surface area contributed by atoms with Gasteiger partial charge in [0.05, 0.1) is 17.3 Å². The summed E-state index contributed by atoms with van der Waals surface area (Å²) in [4.78, 5) is 3.93. The molecule has 0 aliphatic carbocycles. The Morgan fingerprint density at radius 1 is 1.57 bits per heavy atom. The number of hydrogen-bond donors (Lipinski definition) is 0. The molecule has 0 N–H and O–H groups in total. The second-order valence-corrected chi connectivity index (χ2v) is 3.62. The van der Waals surface area contributed by atoms with Gasteiger partial charge in [0.15, 0.2) is 16.6 Å². The predicted molar refractivity (Wildman–Crippen MR) is 50.8 cm³/mol. The van der Waals surface area contributed by atoms with Gasteiger partial charge in [-0.05, 0) is 0 Å². The number of thiazole rings is 1. The van der Waals surface area contributed by atoms with Crippen LogP contribution >= 0.6 is 11.3 Å². The molecule has 70 valence electrons. The van der Waals surface area contributed by atoms with Crippen LogP contribution in [0, 0.1) is 17.1 Å². The van der Waals surface area contributed by atoms with E-state index in [1.807, 2.05) is 6.07 Å². The number of benzene rings is 1. The van der Waals surface area contributed by atoms with Crippen molar-refractivity contribution in [3.63, 3.8) is 0 Å². The average Bonchev–Trinajstić information content (AvgIpc) is 2.58. The van der Waals surface area contributed by atoms with E-state index in [0.29, 0.717) is 10.5 Å². The van der Waals surface area contributed by atoms with E-state index in [0.717, 1.165) is 4.70 Å². The van der Waals surface area contributed by atoms with E-state index in [-0.39, 0.29) is 5.75 Å². The molecule has 2 aromatic rings. The molecule has 1 heterocycles. The Labute approximate surface area is 83.4 Å². The molecular formula is C9H5FN2OS. The molecule has 0 aliphatic heterocycles. The highest BCUT2D eigenvalue weighted by molar-refractivity contribution is 7.19. The van der Waals surface area contributed by atoms with Gasteiger partial charge in [0.1, 0.15) is 6.07 Å². The number of fused-ring (bicyclic) bond motifs is 1. The Bertz CT molecular complexity index is 529. The van der Waals surface area contributed by atoms with Crippen LogP contribution in [0.2, 0.25) is 0 Å². The molecule has 0 spiro atoms. The van der Waals surface area contributed by atoms with Crippen LogP contribution < -0.4 is 4.74 Å². The van der Waals surface area contributed by atoms with E-state index in [1.165, 1.54) is 24.5 Å². The molecule has 2 rings (SSSR count). The summed E-state index contributed by atoms with van der Waals surface area (Å²) in [6, 6.07) is 4.73. The minimum Gasteiger partial charge on any atom is -0.494 e. The normalized spacial score (nSPS) is 10.1. The zero-order chi connectivity index (χ0) is 10.1. The number of aromatic nitrogens is 1. The average molecular weight is 208 g/mol. The lowest BCUT2D eigenvalue weighted by Gasteiger charge is -1.99. The number of nitriles is 1. The molecule has 0 bridgehead atoms. The number of methoxy groups -OCH3 is 1. The summed E-state index contributed by atoms with van der Waals surface area (Å²) in [5.41, 5.74) is 0.491. The van der Waals surface area contributed by atoms with Gasteiger partial charge in [0.2, 0.25) is 0 Å². The van der Waals surface area contributed by atoms with Gasteiger partial charge in [0, 0.05) is 12.1 Å². The second-order valence-electron chi connectivity index (χ2n) is 2.59. The second kappa shape index (κ2) is 3.24. The van der Waals surface area contributed by atoms with Crippen molar-refractivity contribution in [1.29, 1.82) is 5.26 Å². The molecule has 1 aromatic heterocycles. The Morgan fingerprint density at radius 2 is 2.36 bits per heavy atom. The molecule has 0 amide bonds. The molecule has 0 saturated heterocycles. The summed E-state index contributed by atoms with van der Waals surface area (Å²) in [5.74, 6) is -0.291. The minimum absolute atomic E-state index is 0.172. The first-order valence-corrected chi connectivity index (χ1v) is 4.60. The first-order chi connectivity index (χ1) is 6.74. The molecular weight excluding hydrogens is 203 g/mol. The third-order valence-corrected chi connectivity index (χ3v) is 2.68. The molecule has 0 radical (unpaired) electrons. The summed E-state index contributed by atoms with van der Waals surface area (Å²) >= 11 is 1.22. The number of halogens is 1. The quantitative estimate of drug-likeness (QED) is 0.722. The maximum atomic E-state index is 13.2. The van der Waals surface area contributed by atoms with E-state index in [1.54, 1.807) is 6.07 Å². The van der Waals surface area contributed by atoms with Gasteiger partial charge in [-0.3, -0.25) is 0 Å². The SMILES string of the molecule is COc1cc2sc(C#N)nc2cc1F. The molecule has 0 fully saturated rings. The predicted octanol–water partition coefficient (Wildman–Crippen LogP) is 2.32. The van der Waals surface area contributed by atoms with Crippen LogP contribution in [-0.2, 0) is 0 Å². The fourth-order valence-electron chi connectivity index (χ4n) is 1.13. The molecule has 1 aromatic carbocycles. The summed E-state index contributed by atoms with van der Waals surface area (Å²) < 4.78 is 18.8. The van der Waals surface area contributed by atoms with Crippen molar-refractivity contribution in [2.24, 2.45) is 0 Å². The van der Waals surface area contributed by atoms with E-state index < -0.39 is 5.82 Å². The first-order valence-electron chi connectivity index (χ1n) is 3.79. The summed E-state index contributed by atoms with van der Waals surface area (Å²) in [7, 11) is 1.40. The van der Waals surface area contributed by atoms with Crippen LogP contribution in [0.1, 0.15) is 5.01 Å². The Balaban J connectivity index is 2.71. The fraction of sp³-hybridized carbons (Fsp3) is 0.111. The number of nitrogens with zero attached hydrogens (tertiary/aromatic N) is 2. The van der Waals surface area contributed by atoms with E-state index >= 15 is 0 Å². The van der Waals surface area contributed by atoms with Gasteiger partial charge in [-0.25, -0.2) is 9.37 Å². The Hall–Kier alpha value is -1.67. The lowest BCUT2D eigenvalue weighted by atomic mass is 10.3. The lowest BCUT2D eigenvalue weighted by molar-refractivity contribution is 0.387. The third kappa shape index (κ3) is 1.30.